The summed E-state index contributed by atoms with van der Waals surface area (Å²) in [6, 6.07) is 8.50. The first-order chi connectivity index (χ1) is 13.2. The number of nitrogens with one attached hydrogen (secondary N) is 1. The van der Waals surface area contributed by atoms with Crippen LogP contribution >= 0.6 is 0 Å². The number of ether oxygens (including phenoxy) is 1. The summed E-state index contributed by atoms with van der Waals surface area (Å²) < 4.78 is 7.30. The highest BCUT2D eigenvalue weighted by molar-refractivity contribution is 6.13. The molecule has 0 radical (unpaired) electrons. The van der Waals surface area contributed by atoms with Gasteiger partial charge in [-0.3, -0.25) is 0 Å². The Morgan fingerprint density at radius 2 is 2.26 bits per heavy atom. The number of fused-ring (bicyclic) bond motifs is 5. The Bertz CT molecular complexity index is 927. The fourth-order valence-corrected chi connectivity index (χ4v) is 4.95. The average Bonchev–Trinajstić information content (AvgIpc) is 3.05. The van der Waals surface area contributed by atoms with Crippen molar-refractivity contribution in [3.63, 3.8) is 0 Å². The zero-order valence-corrected chi connectivity index (χ0v) is 16.1. The van der Waals surface area contributed by atoms with Gasteiger partial charge in [0.05, 0.1) is 18.7 Å². The number of aliphatic imine (C=N–C) groups is 1. The third-order valence-corrected chi connectivity index (χ3v) is 6.27. The van der Waals surface area contributed by atoms with E-state index in [0.29, 0.717) is 12.2 Å². The molecule has 1 aromatic carbocycles. The number of rotatable bonds is 5. The zero-order chi connectivity index (χ0) is 19.0. The summed E-state index contributed by atoms with van der Waals surface area (Å²) in [5, 5.41) is 4.95. The summed E-state index contributed by atoms with van der Waals surface area (Å²) in [7, 11) is 1.46. The lowest BCUT2D eigenvalue weighted by molar-refractivity contribution is -0.134. The lowest BCUT2D eigenvalue weighted by Crippen LogP contribution is -2.46. The van der Waals surface area contributed by atoms with Crippen LogP contribution in [0.1, 0.15) is 43.5 Å². The van der Waals surface area contributed by atoms with Crippen molar-refractivity contribution in [3.05, 3.63) is 41.6 Å². The van der Waals surface area contributed by atoms with Gasteiger partial charge in [0.1, 0.15) is 5.70 Å². The fourth-order valence-electron chi connectivity index (χ4n) is 4.95. The van der Waals surface area contributed by atoms with Crippen LogP contribution in [0.2, 0.25) is 0 Å². The van der Waals surface area contributed by atoms with Crippen LogP contribution in [0, 0.1) is 5.41 Å². The Balaban J connectivity index is 2.06. The minimum absolute atomic E-state index is 0.0670. The summed E-state index contributed by atoms with van der Waals surface area (Å²) in [6.07, 6.45) is 6.15. The summed E-state index contributed by atoms with van der Waals surface area (Å²) in [6.45, 7) is 7.54. The minimum Gasteiger partial charge on any atom is -0.464 e. The molecule has 1 saturated heterocycles. The van der Waals surface area contributed by atoms with Gasteiger partial charge in [0.15, 0.2) is 0 Å². The number of piperidine rings is 1. The van der Waals surface area contributed by atoms with E-state index in [1.165, 1.54) is 23.8 Å². The van der Waals surface area contributed by atoms with Crippen LogP contribution in [0.3, 0.4) is 0 Å². The number of methoxy groups -OCH3 is 1. The molecular weight excluding hydrogens is 338 g/mol. The summed E-state index contributed by atoms with van der Waals surface area (Å²) in [5.74, 6) is -0.276. The second-order valence-electron chi connectivity index (χ2n) is 7.51. The van der Waals surface area contributed by atoms with E-state index >= 15 is 0 Å². The van der Waals surface area contributed by atoms with E-state index in [1.807, 2.05) is 6.07 Å². The number of para-hydroxylation sites is 1. The molecule has 0 bridgehead atoms. The summed E-state index contributed by atoms with van der Waals surface area (Å²) >= 11 is 0. The molecule has 0 saturated carbocycles. The van der Waals surface area contributed by atoms with Crippen LogP contribution in [0.4, 0.5) is 0 Å². The molecule has 5 heteroatoms. The summed E-state index contributed by atoms with van der Waals surface area (Å²) in [5.41, 5.74) is 4.10. The standard InChI is InChI=1S/C22H27N3O2/c1-4-22-11-7-12-24-20(22)19-16(10-13-23-2)15-8-5-6-9-17(15)25(19)18(14-22)21(26)27-3/h5-6,8-9,14,20,24H,2,4,7,10-13H2,1,3H3/t20-,22?/m1/s1. The fraction of sp³-hybridized carbons (Fsp3) is 0.455. The third-order valence-electron chi connectivity index (χ3n) is 6.27. The topological polar surface area (TPSA) is 55.6 Å². The molecule has 5 nitrogen and oxygen atoms in total. The molecule has 27 heavy (non-hydrogen) atoms. The number of aromatic nitrogens is 1. The monoisotopic (exact) mass is 365 g/mol. The summed E-state index contributed by atoms with van der Waals surface area (Å²) in [4.78, 5) is 16.9. The molecule has 2 aromatic rings. The quantitative estimate of drug-likeness (QED) is 0.649. The number of esters is 1. The van der Waals surface area contributed by atoms with E-state index in [1.54, 1.807) is 0 Å². The Kier molecular flexibility index (Phi) is 4.64. The second kappa shape index (κ2) is 6.97. The highest BCUT2D eigenvalue weighted by Crippen LogP contribution is 2.52. The lowest BCUT2D eigenvalue weighted by atomic mass is 9.68. The Morgan fingerprint density at radius 3 is 3.00 bits per heavy atom. The van der Waals surface area contributed by atoms with Crippen molar-refractivity contribution < 1.29 is 9.53 Å². The molecule has 2 aliphatic rings. The van der Waals surface area contributed by atoms with E-state index in [4.69, 9.17) is 4.74 Å². The Labute approximate surface area is 160 Å². The molecule has 2 atom stereocenters. The lowest BCUT2D eigenvalue weighted by Gasteiger charge is -2.46. The number of carbonyl (C=O) groups is 1. The van der Waals surface area contributed by atoms with E-state index in [2.05, 4.69) is 52.8 Å². The number of hydrogen-bond acceptors (Lipinski definition) is 4. The van der Waals surface area contributed by atoms with E-state index < -0.39 is 0 Å². The molecule has 0 aliphatic carbocycles. The second-order valence-corrected chi connectivity index (χ2v) is 7.51. The maximum Gasteiger partial charge on any atom is 0.354 e. The van der Waals surface area contributed by atoms with Crippen LogP contribution in [0.5, 0.6) is 0 Å². The van der Waals surface area contributed by atoms with Crippen molar-refractivity contribution >= 4 is 29.3 Å². The number of hydrogen-bond donors (Lipinski definition) is 1. The molecule has 3 heterocycles. The van der Waals surface area contributed by atoms with Gasteiger partial charge in [-0.25, -0.2) is 4.79 Å². The predicted octanol–water partition coefficient (Wildman–Crippen LogP) is 3.73. The average molecular weight is 365 g/mol. The molecule has 1 unspecified atom stereocenters. The van der Waals surface area contributed by atoms with Crippen molar-refractivity contribution in [2.45, 2.75) is 38.6 Å². The number of carbonyl (C=O) groups excluding carboxylic acids is 1. The molecular formula is C22H27N3O2. The SMILES string of the molecule is C=NCCc1c2n(c3ccccc13)C(C(=O)OC)=CC1(CC)CCCN[C@H]21. The molecule has 2 aliphatic heterocycles. The maximum atomic E-state index is 12.8. The van der Waals surface area contributed by atoms with E-state index in [9.17, 15) is 4.79 Å². The van der Waals surface area contributed by atoms with Crippen LogP contribution in [0.25, 0.3) is 16.6 Å². The van der Waals surface area contributed by atoms with Gasteiger partial charge in [-0.15, -0.1) is 0 Å². The smallest absolute Gasteiger partial charge is 0.354 e. The highest BCUT2D eigenvalue weighted by atomic mass is 16.5. The molecule has 142 valence electrons. The Hall–Kier alpha value is -2.40. The van der Waals surface area contributed by atoms with E-state index in [-0.39, 0.29) is 17.4 Å². The minimum atomic E-state index is -0.276. The van der Waals surface area contributed by atoms with Gasteiger partial charge < -0.3 is 19.6 Å². The van der Waals surface area contributed by atoms with Gasteiger partial charge in [-0.05, 0) is 56.7 Å². The third kappa shape index (κ3) is 2.64. The van der Waals surface area contributed by atoms with Gasteiger partial charge in [0, 0.05) is 23.0 Å². The first kappa shape index (κ1) is 18.0. The van der Waals surface area contributed by atoms with E-state index in [0.717, 1.165) is 37.7 Å². The molecule has 1 aromatic heterocycles. The first-order valence-corrected chi connectivity index (χ1v) is 9.76. The molecule has 0 amide bonds. The van der Waals surface area contributed by atoms with Crippen molar-refractivity contribution in [1.29, 1.82) is 0 Å². The van der Waals surface area contributed by atoms with Gasteiger partial charge in [-0.2, -0.15) is 0 Å². The first-order valence-electron chi connectivity index (χ1n) is 9.76. The highest BCUT2D eigenvalue weighted by Gasteiger charge is 2.46. The van der Waals surface area contributed by atoms with Gasteiger partial charge >= 0.3 is 5.97 Å². The van der Waals surface area contributed by atoms with Crippen LogP contribution in [-0.2, 0) is 16.0 Å². The van der Waals surface area contributed by atoms with Crippen molar-refractivity contribution in [3.8, 4) is 0 Å². The normalized spacial score (nSPS) is 24.1. The van der Waals surface area contributed by atoms with Crippen LogP contribution < -0.4 is 5.32 Å². The van der Waals surface area contributed by atoms with Crippen molar-refractivity contribution in [1.82, 2.24) is 9.88 Å². The predicted molar refractivity (Wildman–Crippen MR) is 109 cm³/mol. The number of benzene rings is 1. The Morgan fingerprint density at radius 1 is 1.44 bits per heavy atom. The van der Waals surface area contributed by atoms with Gasteiger partial charge in [0.25, 0.3) is 0 Å². The molecule has 1 fully saturated rings. The van der Waals surface area contributed by atoms with Crippen LogP contribution in [0.15, 0.2) is 35.3 Å². The van der Waals surface area contributed by atoms with Crippen molar-refractivity contribution in [2.24, 2.45) is 10.4 Å². The zero-order valence-electron chi connectivity index (χ0n) is 16.1. The van der Waals surface area contributed by atoms with Gasteiger partial charge in [-0.1, -0.05) is 25.1 Å². The number of nitrogens with zero attached hydrogens (tertiary/aromatic N) is 2. The van der Waals surface area contributed by atoms with Crippen LogP contribution in [-0.4, -0.2) is 37.5 Å². The molecule has 0 spiro atoms. The largest absolute Gasteiger partial charge is 0.464 e. The molecule has 1 N–H and O–H groups in total. The molecule has 4 rings (SSSR count). The van der Waals surface area contributed by atoms with Crippen molar-refractivity contribution in [2.75, 3.05) is 20.2 Å². The van der Waals surface area contributed by atoms with Gasteiger partial charge in [0.2, 0.25) is 0 Å². The maximum absolute atomic E-state index is 12.8.